The van der Waals surface area contributed by atoms with Crippen LogP contribution in [0.2, 0.25) is 0 Å². The number of allylic oxidation sites excluding steroid dienone is 2. The Bertz CT molecular complexity index is 491. The lowest BCUT2D eigenvalue weighted by molar-refractivity contribution is 0.500. The summed E-state index contributed by atoms with van der Waals surface area (Å²) in [6.07, 6.45) is 23.8. The topological polar surface area (TPSA) is 12.0 Å². The van der Waals surface area contributed by atoms with E-state index in [0.717, 1.165) is 0 Å². The summed E-state index contributed by atoms with van der Waals surface area (Å²) < 4.78 is 0. The maximum Gasteiger partial charge on any atom is 0.0326 e. The van der Waals surface area contributed by atoms with Gasteiger partial charge in [-0.15, -0.1) is 0 Å². The summed E-state index contributed by atoms with van der Waals surface area (Å²) >= 11 is 0. The highest BCUT2D eigenvalue weighted by atomic mass is 14.9. The number of rotatable bonds is 15. The first-order valence-corrected chi connectivity index (χ1v) is 11.4. The Labute approximate surface area is 162 Å². The standard InChI is InChI=1S/C25H41N/c1-2-3-4-5-6-7-8-9-10-11-12-13-14-17-22-26-25-21-20-23-18-15-16-19-24(23)25/h7-8,15-16,18-19,25-26H,2-6,9-14,17,20-22H2,1H3/b8-7-. The van der Waals surface area contributed by atoms with Crippen molar-refractivity contribution in [1.29, 1.82) is 0 Å². The van der Waals surface area contributed by atoms with E-state index in [2.05, 4.69) is 48.7 Å². The second-order valence-electron chi connectivity index (χ2n) is 7.97. The third-order valence-corrected chi connectivity index (χ3v) is 5.71. The third kappa shape index (κ3) is 8.54. The van der Waals surface area contributed by atoms with Crippen molar-refractivity contribution in [3.05, 3.63) is 47.5 Å². The molecule has 1 aromatic carbocycles. The van der Waals surface area contributed by atoms with Crippen molar-refractivity contribution < 1.29 is 0 Å². The van der Waals surface area contributed by atoms with Crippen LogP contribution in [0.5, 0.6) is 0 Å². The first-order chi connectivity index (χ1) is 12.9. The van der Waals surface area contributed by atoms with Gasteiger partial charge in [0.2, 0.25) is 0 Å². The molecule has 0 aromatic heterocycles. The lowest BCUT2D eigenvalue weighted by Crippen LogP contribution is -2.20. The molecule has 0 aliphatic heterocycles. The molecule has 1 aliphatic rings. The molecule has 0 spiro atoms. The monoisotopic (exact) mass is 355 g/mol. The van der Waals surface area contributed by atoms with Gasteiger partial charge >= 0.3 is 0 Å². The van der Waals surface area contributed by atoms with E-state index in [1.807, 2.05) is 0 Å². The van der Waals surface area contributed by atoms with Crippen molar-refractivity contribution in [2.24, 2.45) is 0 Å². The number of unbranched alkanes of at least 4 members (excludes halogenated alkanes) is 10. The van der Waals surface area contributed by atoms with Gasteiger partial charge in [0.15, 0.2) is 0 Å². The molecule has 0 amide bonds. The highest BCUT2D eigenvalue weighted by Crippen LogP contribution is 2.30. The van der Waals surface area contributed by atoms with Crippen LogP contribution in [0.25, 0.3) is 0 Å². The van der Waals surface area contributed by atoms with E-state index < -0.39 is 0 Å². The summed E-state index contributed by atoms with van der Waals surface area (Å²) in [6, 6.07) is 9.56. The molecule has 0 saturated carbocycles. The Morgan fingerprint density at radius 1 is 0.846 bits per heavy atom. The summed E-state index contributed by atoms with van der Waals surface area (Å²) in [4.78, 5) is 0. The summed E-state index contributed by atoms with van der Waals surface area (Å²) in [5, 5.41) is 3.77. The minimum atomic E-state index is 0.611. The van der Waals surface area contributed by atoms with E-state index >= 15 is 0 Å². The van der Waals surface area contributed by atoms with Crippen LogP contribution in [0.3, 0.4) is 0 Å². The van der Waals surface area contributed by atoms with Gasteiger partial charge < -0.3 is 5.32 Å². The lowest BCUT2D eigenvalue weighted by Gasteiger charge is -2.13. The highest BCUT2D eigenvalue weighted by molar-refractivity contribution is 5.34. The fourth-order valence-corrected chi connectivity index (χ4v) is 4.06. The zero-order valence-corrected chi connectivity index (χ0v) is 17.1. The van der Waals surface area contributed by atoms with Crippen molar-refractivity contribution in [2.45, 2.75) is 103 Å². The van der Waals surface area contributed by atoms with Crippen molar-refractivity contribution in [3.63, 3.8) is 0 Å². The maximum atomic E-state index is 3.77. The molecule has 1 nitrogen and oxygen atoms in total. The van der Waals surface area contributed by atoms with Crippen LogP contribution in [0.4, 0.5) is 0 Å². The smallest absolute Gasteiger partial charge is 0.0326 e. The lowest BCUT2D eigenvalue weighted by atomic mass is 10.1. The van der Waals surface area contributed by atoms with E-state index in [-0.39, 0.29) is 0 Å². The molecule has 0 fully saturated rings. The van der Waals surface area contributed by atoms with Crippen LogP contribution in [0.1, 0.15) is 108 Å². The van der Waals surface area contributed by atoms with Crippen LogP contribution >= 0.6 is 0 Å². The molecule has 1 unspecified atom stereocenters. The first-order valence-electron chi connectivity index (χ1n) is 11.4. The van der Waals surface area contributed by atoms with E-state index in [1.165, 1.54) is 96.4 Å². The number of hydrogen-bond donors (Lipinski definition) is 1. The molecule has 1 aromatic rings. The molecule has 1 heteroatoms. The average molecular weight is 356 g/mol. The molecule has 26 heavy (non-hydrogen) atoms. The molecule has 0 heterocycles. The molecule has 146 valence electrons. The molecule has 2 rings (SSSR count). The summed E-state index contributed by atoms with van der Waals surface area (Å²) in [5.74, 6) is 0. The van der Waals surface area contributed by atoms with E-state index in [4.69, 9.17) is 0 Å². The van der Waals surface area contributed by atoms with Gasteiger partial charge in [0.05, 0.1) is 0 Å². The van der Waals surface area contributed by atoms with Gasteiger partial charge in [0, 0.05) is 6.04 Å². The number of benzene rings is 1. The van der Waals surface area contributed by atoms with Crippen LogP contribution < -0.4 is 5.32 Å². The quantitative estimate of drug-likeness (QED) is 0.253. The third-order valence-electron chi connectivity index (χ3n) is 5.71. The predicted molar refractivity (Wildman–Crippen MR) is 116 cm³/mol. The predicted octanol–water partition coefficient (Wildman–Crippen LogP) is 7.52. The fourth-order valence-electron chi connectivity index (χ4n) is 4.06. The fraction of sp³-hybridized carbons (Fsp3) is 0.680. The van der Waals surface area contributed by atoms with Gasteiger partial charge in [-0.2, -0.15) is 0 Å². The molecular weight excluding hydrogens is 314 g/mol. The SMILES string of the molecule is CCCCCC/C=C\CCCCCCCCNC1CCc2ccccc21. The Morgan fingerprint density at radius 3 is 2.27 bits per heavy atom. The van der Waals surface area contributed by atoms with Crippen molar-refractivity contribution in [1.82, 2.24) is 5.32 Å². The molecule has 0 bridgehead atoms. The van der Waals surface area contributed by atoms with Crippen molar-refractivity contribution in [2.75, 3.05) is 6.54 Å². The van der Waals surface area contributed by atoms with Crippen molar-refractivity contribution >= 4 is 0 Å². The Kier molecular flexibility index (Phi) is 11.5. The largest absolute Gasteiger partial charge is 0.310 e. The first kappa shape index (κ1) is 21.2. The van der Waals surface area contributed by atoms with Crippen LogP contribution in [0.15, 0.2) is 36.4 Å². The van der Waals surface area contributed by atoms with E-state index in [0.29, 0.717) is 6.04 Å². The summed E-state index contributed by atoms with van der Waals surface area (Å²) in [7, 11) is 0. The number of nitrogens with one attached hydrogen (secondary N) is 1. The summed E-state index contributed by atoms with van der Waals surface area (Å²) in [6.45, 7) is 3.46. The number of fused-ring (bicyclic) bond motifs is 1. The zero-order chi connectivity index (χ0) is 18.3. The number of hydrogen-bond acceptors (Lipinski definition) is 1. The molecule has 0 radical (unpaired) electrons. The molecule has 1 aliphatic carbocycles. The van der Waals surface area contributed by atoms with Gasteiger partial charge in [0.25, 0.3) is 0 Å². The second kappa shape index (κ2) is 14.0. The van der Waals surface area contributed by atoms with E-state index in [1.54, 1.807) is 11.1 Å². The molecular formula is C25H41N. The summed E-state index contributed by atoms with van der Waals surface area (Å²) in [5.41, 5.74) is 3.10. The highest BCUT2D eigenvalue weighted by Gasteiger charge is 2.20. The van der Waals surface area contributed by atoms with Crippen molar-refractivity contribution in [3.8, 4) is 0 Å². The second-order valence-corrected chi connectivity index (χ2v) is 7.97. The average Bonchev–Trinajstić information content (AvgIpc) is 3.08. The Balaban J connectivity index is 1.35. The van der Waals surface area contributed by atoms with Gasteiger partial charge in [-0.3, -0.25) is 0 Å². The van der Waals surface area contributed by atoms with E-state index in [9.17, 15) is 0 Å². The normalized spacial score (nSPS) is 16.4. The minimum Gasteiger partial charge on any atom is -0.310 e. The molecule has 1 atom stereocenters. The minimum absolute atomic E-state index is 0.611. The Hall–Kier alpha value is -1.08. The van der Waals surface area contributed by atoms with Crippen LogP contribution in [0, 0.1) is 0 Å². The van der Waals surface area contributed by atoms with Gasteiger partial charge in [-0.05, 0) is 62.6 Å². The zero-order valence-electron chi connectivity index (χ0n) is 17.1. The van der Waals surface area contributed by atoms with Crippen LogP contribution in [-0.4, -0.2) is 6.54 Å². The van der Waals surface area contributed by atoms with Crippen LogP contribution in [-0.2, 0) is 6.42 Å². The molecule has 1 N–H and O–H groups in total. The van der Waals surface area contributed by atoms with Gasteiger partial charge in [0.1, 0.15) is 0 Å². The molecule has 0 saturated heterocycles. The maximum absolute atomic E-state index is 3.77. The van der Waals surface area contributed by atoms with Gasteiger partial charge in [-0.25, -0.2) is 0 Å². The number of aryl methyl sites for hydroxylation is 1. The van der Waals surface area contributed by atoms with Gasteiger partial charge in [-0.1, -0.05) is 88.3 Å². The Morgan fingerprint density at radius 2 is 1.50 bits per heavy atom.